The highest BCUT2D eigenvalue weighted by Gasteiger charge is 2.37. The summed E-state index contributed by atoms with van der Waals surface area (Å²) in [6.07, 6.45) is 0. The number of nitro groups is 1. The molecule has 2 amide bonds. The van der Waals surface area contributed by atoms with E-state index in [0.717, 1.165) is 11.0 Å². The van der Waals surface area contributed by atoms with Gasteiger partial charge in [-0.25, -0.2) is 0 Å². The van der Waals surface area contributed by atoms with Crippen LogP contribution in [0.2, 0.25) is 5.02 Å². The fourth-order valence-corrected chi connectivity index (χ4v) is 2.82. The van der Waals surface area contributed by atoms with Crippen LogP contribution in [0.5, 0.6) is 0 Å². The Morgan fingerprint density at radius 2 is 1.74 bits per heavy atom. The molecule has 3 aromatic rings. The van der Waals surface area contributed by atoms with Gasteiger partial charge in [-0.05, 0) is 30.3 Å². The van der Waals surface area contributed by atoms with Crippen molar-refractivity contribution in [2.24, 2.45) is 0 Å². The maximum absolute atomic E-state index is 12.5. The van der Waals surface area contributed by atoms with Gasteiger partial charge in [-0.1, -0.05) is 11.6 Å². The molecule has 0 atom stereocenters. The predicted molar refractivity (Wildman–Crippen MR) is 92.0 cm³/mol. The molecule has 0 fully saturated rings. The molecule has 0 saturated carbocycles. The molecular formula is C17H9ClN4O5. The lowest BCUT2D eigenvalue weighted by Crippen LogP contribution is -2.29. The largest absolute Gasteiger partial charge is 0.419 e. The second-order valence-electron chi connectivity index (χ2n) is 5.69. The van der Waals surface area contributed by atoms with Gasteiger partial charge in [0.1, 0.15) is 6.54 Å². The Labute approximate surface area is 156 Å². The lowest BCUT2D eigenvalue weighted by atomic mass is 10.1. The van der Waals surface area contributed by atoms with E-state index in [-0.39, 0.29) is 35.1 Å². The zero-order valence-corrected chi connectivity index (χ0v) is 14.2. The van der Waals surface area contributed by atoms with E-state index < -0.39 is 16.7 Å². The van der Waals surface area contributed by atoms with Crippen LogP contribution in [0.25, 0.3) is 11.5 Å². The summed E-state index contributed by atoms with van der Waals surface area (Å²) in [5, 5.41) is 19.2. The van der Waals surface area contributed by atoms with Crippen molar-refractivity contribution in [2.45, 2.75) is 6.54 Å². The fraction of sp³-hybridized carbons (Fsp3) is 0.0588. The van der Waals surface area contributed by atoms with Crippen molar-refractivity contribution >= 4 is 29.1 Å². The van der Waals surface area contributed by atoms with Crippen LogP contribution >= 0.6 is 11.6 Å². The van der Waals surface area contributed by atoms with Crippen LogP contribution in [-0.2, 0) is 6.54 Å². The molecule has 4 rings (SSSR count). The van der Waals surface area contributed by atoms with Gasteiger partial charge >= 0.3 is 0 Å². The molecule has 2 heterocycles. The van der Waals surface area contributed by atoms with Gasteiger partial charge in [-0.15, -0.1) is 10.2 Å². The Morgan fingerprint density at radius 1 is 1.04 bits per heavy atom. The molecule has 10 heteroatoms. The van der Waals surface area contributed by atoms with E-state index in [1.807, 2.05) is 0 Å². The van der Waals surface area contributed by atoms with E-state index in [4.69, 9.17) is 16.0 Å². The van der Waals surface area contributed by atoms with Gasteiger partial charge in [0.2, 0.25) is 11.8 Å². The maximum atomic E-state index is 12.5. The summed E-state index contributed by atoms with van der Waals surface area (Å²) < 4.78 is 5.51. The van der Waals surface area contributed by atoms with Crippen LogP contribution in [0.3, 0.4) is 0 Å². The molecule has 134 valence electrons. The number of hydrogen-bond donors (Lipinski definition) is 0. The standard InChI is InChI=1S/C17H9ClN4O5/c18-10-3-1-9(2-4-10)15-20-19-14(27-15)8-21-16(23)12-6-5-11(22(25)26)7-13(12)17(21)24/h1-7H,8H2. The highest BCUT2D eigenvalue weighted by molar-refractivity contribution is 6.30. The summed E-state index contributed by atoms with van der Waals surface area (Å²) >= 11 is 5.83. The number of benzene rings is 2. The van der Waals surface area contributed by atoms with Gasteiger partial charge in [0, 0.05) is 22.7 Å². The lowest BCUT2D eigenvalue weighted by molar-refractivity contribution is -0.384. The van der Waals surface area contributed by atoms with Crippen molar-refractivity contribution < 1.29 is 18.9 Å². The third kappa shape index (κ3) is 2.93. The minimum atomic E-state index is -0.648. The molecule has 1 aliphatic rings. The molecule has 1 aromatic heterocycles. The van der Waals surface area contributed by atoms with Crippen LogP contribution in [0.15, 0.2) is 46.9 Å². The number of nitro benzene ring substituents is 1. The van der Waals surface area contributed by atoms with Gasteiger partial charge in [0.05, 0.1) is 16.1 Å². The van der Waals surface area contributed by atoms with E-state index in [0.29, 0.717) is 10.6 Å². The number of hydrogen-bond acceptors (Lipinski definition) is 7. The topological polar surface area (TPSA) is 119 Å². The SMILES string of the molecule is O=C1c2ccc([N+](=O)[O-])cc2C(=O)N1Cc1nnc(-c2ccc(Cl)cc2)o1. The van der Waals surface area contributed by atoms with E-state index in [9.17, 15) is 19.7 Å². The first-order valence-electron chi connectivity index (χ1n) is 7.67. The minimum absolute atomic E-state index is 0.0216. The second kappa shape index (κ2) is 6.29. The second-order valence-corrected chi connectivity index (χ2v) is 6.13. The molecule has 0 spiro atoms. The number of rotatable bonds is 4. The van der Waals surface area contributed by atoms with Crippen molar-refractivity contribution in [1.29, 1.82) is 0 Å². The summed E-state index contributed by atoms with van der Waals surface area (Å²) in [6.45, 7) is -0.235. The third-order valence-corrected chi connectivity index (χ3v) is 4.27. The van der Waals surface area contributed by atoms with E-state index in [1.165, 1.54) is 12.1 Å². The van der Waals surface area contributed by atoms with Crippen molar-refractivity contribution in [2.75, 3.05) is 0 Å². The van der Waals surface area contributed by atoms with Crippen LogP contribution in [0.4, 0.5) is 5.69 Å². The number of halogens is 1. The first kappa shape index (κ1) is 16.9. The summed E-state index contributed by atoms with van der Waals surface area (Å²) in [5.41, 5.74) is 0.449. The Morgan fingerprint density at radius 3 is 2.44 bits per heavy atom. The molecule has 0 aliphatic carbocycles. The van der Waals surface area contributed by atoms with Crippen molar-refractivity contribution in [3.8, 4) is 11.5 Å². The molecule has 9 nitrogen and oxygen atoms in total. The van der Waals surface area contributed by atoms with Gasteiger partial charge in [0.25, 0.3) is 17.5 Å². The summed E-state index contributed by atoms with van der Waals surface area (Å²) in [7, 11) is 0. The minimum Gasteiger partial charge on any atom is -0.419 e. The highest BCUT2D eigenvalue weighted by Crippen LogP contribution is 2.28. The van der Waals surface area contributed by atoms with Crippen LogP contribution < -0.4 is 0 Å². The zero-order chi connectivity index (χ0) is 19.1. The quantitative estimate of drug-likeness (QED) is 0.385. The molecule has 27 heavy (non-hydrogen) atoms. The first-order chi connectivity index (χ1) is 12.9. The molecule has 0 saturated heterocycles. The molecule has 0 bridgehead atoms. The number of non-ortho nitro benzene ring substituents is 1. The van der Waals surface area contributed by atoms with Gasteiger partial charge in [-0.3, -0.25) is 24.6 Å². The van der Waals surface area contributed by atoms with E-state index >= 15 is 0 Å². The average molecular weight is 385 g/mol. The number of imide groups is 1. The molecule has 0 radical (unpaired) electrons. The lowest BCUT2D eigenvalue weighted by Gasteiger charge is -2.10. The van der Waals surface area contributed by atoms with Crippen molar-refractivity contribution in [1.82, 2.24) is 15.1 Å². The smallest absolute Gasteiger partial charge is 0.270 e. The summed E-state index contributed by atoms with van der Waals surface area (Å²) in [5.74, 6) is -0.945. The molecular weight excluding hydrogens is 376 g/mol. The number of fused-ring (bicyclic) bond motifs is 1. The van der Waals surface area contributed by atoms with E-state index in [2.05, 4.69) is 10.2 Å². The molecule has 0 N–H and O–H groups in total. The Kier molecular flexibility index (Phi) is 3.93. The van der Waals surface area contributed by atoms with Gasteiger partial charge in [-0.2, -0.15) is 0 Å². The Hall–Kier alpha value is -3.59. The number of nitrogens with zero attached hydrogens (tertiary/aromatic N) is 4. The Balaban J connectivity index is 1.58. The molecule has 1 aliphatic heterocycles. The molecule has 2 aromatic carbocycles. The zero-order valence-electron chi connectivity index (χ0n) is 13.5. The Bertz CT molecular complexity index is 1090. The van der Waals surface area contributed by atoms with Gasteiger partial charge in [0.15, 0.2) is 0 Å². The van der Waals surface area contributed by atoms with E-state index in [1.54, 1.807) is 24.3 Å². The third-order valence-electron chi connectivity index (χ3n) is 4.02. The predicted octanol–water partition coefficient (Wildman–Crippen LogP) is 3.09. The number of carbonyl (C=O) groups is 2. The first-order valence-corrected chi connectivity index (χ1v) is 8.05. The van der Waals surface area contributed by atoms with Crippen LogP contribution in [0.1, 0.15) is 26.6 Å². The van der Waals surface area contributed by atoms with Gasteiger partial charge < -0.3 is 4.42 Å². The normalized spacial score (nSPS) is 13.1. The number of aromatic nitrogens is 2. The number of carbonyl (C=O) groups excluding carboxylic acids is 2. The number of amides is 2. The van der Waals surface area contributed by atoms with Crippen LogP contribution in [0, 0.1) is 10.1 Å². The highest BCUT2D eigenvalue weighted by atomic mass is 35.5. The summed E-state index contributed by atoms with van der Waals surface area (Å²) in [4.78, 5) is 36.1. The average Bonchev–Trinajstić information content (AvgIpc) is 3.21. The van der Waals surface area contributed by atoms with Crippen molar-refractivity contribution in [3.05, 3.63) is 74.6 Å². The van der Waals surface area contributed by atoms with Crippen LogP contribution in [-0.4, -0.2) is 31.8 Å². The maximum Gasteiger partial charge on any atom is 0.270 e. The fourth-order valence-electron chi connectivity index (χ4n) is 2.70. The monoisotopic (exact) mass is 384 g/mol. The van der Waals surface area contributed by atoms with Crippen molar-refractivity contribution in [3.63, 3.8) is 0 Å². The summed E-state index contributed by atoms with van der Waals surface area (Å²) in [6, 6.07) is 10.2. The molecule has 0 unspecified atom stereocenters.